The number of aliphatic imine (C=N–C) groups is 1. The summed E-state index contributed by atoms with van der Waals surface area (Å²) in [7, 11) is 1.57. The van der Waals surface area contributed by atoms with Gasteiger partial charge in [-0.1, -0.05) is 6.07 Å². The van der Waals surface area contributed by atoms with Crippen LogP contribution in [0.2, 0.25) is 0 Å². The van der Waals surface area contributed by atoms with Gasteiger partial charge < -0.3 is 25.4 Å². The van der Waals surface area contributed by atoms with Gasteiger partial charge >= 0.3 is 0 Å². The highest BCUT2D eigenvalue weighted by molar-refractivity contribution is 14.0. The van der Waals surface area contributed by atoms with E-state index in [1.807, 2.05) is 32.0 Å². The molecule has 8 heteroatoms. The number of amides is 1. The first kappa shape index (κ1) is 23.4. The predicted octanol–water partition coefficient (Wildman–Crippen LogP) is 2.36. The smallest absolute Gasteiger partial charge is 0.221 e. The molecule has 0 heterocycles. The number of carbonyl (C=O) groups is 1. The summed E-state index contributed by atoms with van der Waals surface area (Å²) in [6.45, 7) is 8.75. The van der Waals surface area contributed by atoms with Crippen LogP contribution in [-0.4, -0.2) is 45.3 Å². The third-order valence-electron chi connectivity index (χ3n) is 3.08. The highest BCUT2D eigenvalue weighted by Gasteiger charge is 2.06. The van der Waals surface area contributed by atoms with E-state index in [0.29, 0.717) is 37.7 Å². The van der Waals surface area contributed by atoms with E-state index >= 15 is 0 Å². The summed E-state index contributed by atoms with van der Waals surface area (Å²) in [4.78, 5) is 15.8. The summed E-state index contributed by atoms with van der Waals surface area (Å²) < 4.78 is 10.6. The molecule has 0 aliphatic heterocycles. The maximum absolute atomic E-state index is 11.3. The number of methoxy groups -OCH3 is 1. The first-order valence-electron chi connectivity index (χ1n) is 8.15. The third-order valence-corrected chi connectivity index (χ3v) is 3.08. The van der Waals surface area contributed by atoms with E-state index in [1.54, 1.807) is 7.11 Å². The Bertz CT molecular complexity index is 553. The summed E-state index contributed by atoms with van der Waals surface area (Å²) in [6.07, 6.45) is 0. The number of benzene rings is 1. The molecule has 0 fully saturated rings. The van der Waals surface area contributed by atoms with Crippen LogP contribution in [0.3, 0.4) is 0 Å². The molecule has 0 aliphatic rings. The van der Waals surface area contributed by atoms with E-state index < -0.39 is 0 Å². The molecule has 0 saturated heterocycles. The van der Waals surface area contributed by atoms with E-state index in [9.17, 15) is 4.79 Å². The van der Waals surface area contributed by atoms with E-state index in [2.05, 4.69) is 20.9 Å². The Morgan fingerprint density at radius 3 is 2.60 bits per heavy atom. The van der Waals surface area contributed by atoms with Crippen LogP contribution in [0.15, 0.2) is 23.2 Å². The SMILES string of the molecule is CCNC(=NCc1ccc(OC)c(NC(C)=O)c1)NCCOCC.I. The van der Waals surface area contributed by atoms with Gasteiger partial charge in [-0.25, -0.2) is 4.99 Å². The number of hydrogen-bond donors (Lipinski definition) is 3. The number of halogens is 1. The van der Waals surface area contributed by atoms with E-state index in [4.69, 9.17) is 9.47 Å². The van der Waals surface area contributed by atoms with Gasteiger partial charge in [0.15, 0.2) is 5.96 Å². The van der Waals surface area contributed by atoms with Gasteiger partial charge in [-0.3, -0.25) is 4.79 Å². The first-order valence-corrected chi connectivity index (χ1v) is 8.15. The highest BCUT2D eigenvalue weighted by Crippen LogP contribution is 2.25. The van der Waals surface area contributed by atoms with Crippen LogP contribution in [-0.2, 0) is 16.1 Å². The lowest BCUT2D eigenvalue weighted by Gasteiger charge is -2.12. The number of anilines is 1. The summed E-state index contributed by atoms with van der Waals surface area (Å²) in [5.74, 6) is 1.22. The van der Waals surface area contributed by atoms with Crippen LogP contribution >= 0.6 is 24.0 Å². The fourth-order valence-electron chi connectivity index (χ4n) is 2.04. The molecule has 142 valence electrons. The summed E-state index contributed by atoms with van der Waals surface area (Å²) >= 11 is 0. The van der Waals surface area contributed by atoms with Crippen molar-refractivity contribution in [2.45, 2.75) is 27.3 Å². The molecular formula is C17H29IN4O3. The topological polar surface area (TPSA) is 84.0 Å². The number of nitrogens with zero attached hydrogens (tertiary/aromatic N) is 1. The molecule has 0 aromatic heterocycles. The minimum absolute atomic E-state index is 0. The molecule has 1 aromatic carbocycles. The Morgan fingerprint density at radius 1 is 1.24 bits per heavy atom. The van der Waals surface area contributed by atoms with Crippen molar-refractivity contribution < 1.29 is 14.3 Å². The molecule has 0 atom stereocenters. The lowest BCUT2D eigenvalue weighted by molar-refractivity contribution is -0.114. The minimum atomic E-state index is -0.139. The predicted molar refractivity (Wildman–Crippen MR) is 112 cm³/mol. The molecule has 7 nitrogen and oxygen atoms in total. The van der Waals surface area contributed by atoms with E-state index in [0.717, 1.165) is 18.1 Å². The number of nitrogens with one attached hydrogen (secondary N) is 3. The second-order valence-corrected chi connectivity index (χ2v) is 5.03. The van der Waals surface area contributed by atoms with Gasteiger partial charge in [0.05, 0.1) is 25.9 Å². The summed E-state index contributed by atoms with van der Waals surface area (Å²) in [5, 5.41) is 9.17. The molecule has 1 rings (SSSR count). The van der Waals surface area contributed by atoms with Crippen molar-refractivity contribution in [1.29, 1.82) is 0 Å². The van der Waals surface area contributed by atoms with Crippen LogP contribution in [0.4, 0.5) is 5.69 Å². The van der Waals surface area contributed by atoms with Gasteiger partial charge in [0.1, 0.15) is 5.75 Å². The average Bonchev–Trinajstić information content (AvgIpc) is 2.56. The molecule has 0 radical (unpaired) electrons. The Hall–Kier alpha value is -1.55. The van der Waals surface area contributed by atoms with Crippen LogP contribution in [0.1, 0.15) is 26.3 Å². The standard InChI is InChI=1S/C17H28N4O3.HI/c1-5-18-17(19-9-10-24-6-2)20-12-14-7-8-16(23-4)15(11-14)21-13(3)22;/h7-8,11H,5-6,9-10,12H2,1-4H3,(H,21,22)(H2,18,19,20);1H. The molecule has 0 saturated carbocycles. The molecule has 0 unspecified atom stereocenters. The molecule has 1 aromatic rings. The van der Waals surface area contributed by atoms with Crippen molar-refractivity contribution in [2.24, 2.45) is 4.99 Å². The summed E-state index contributed by atoms with van der Waals surface area (Å²) in [5.41, 5.74) is 1.62. The lowest BCUT2D eigenvalue weighted by atomic mass is 10.2. The fourth-order valence-corrected chi connectivity index (χ4v) is 2.04. The molecule has 0 spiro atoms. The lowest BCUT2D eigenvalue weighted by Crippen LogP contribution is -2.39. The Balaban J connectivity index is 0.00000576. The Labute approximate surface area is 167 Å². The van der Waals surface area contributed by atoms with Crippen molar-refractivity contribution in [1.82, 2.24) is 10.6 Å². The molecule has 3 N–H and O–H groups in total. The zero-order valence-corrected chi connectivity index (χ0v) is 17.7. The molecule has 1 amide bonds. The molecule has 0 bridgehead atoms. The van der Waals surface area contributed by atoms with Crippen molar-refractivity contribution >= 4 is 41.5 Å². The molecule has 25 heavy (non-hydrogen) atoms. The van der Waals surface area contributed by atoms with Crippen molar-refractivity contribution in [2.75, 3.05) is 38.7 Å². The largest absolute Gasteiger partial charge is 0.495 e. The van der Waals surface area contributed by atoms with Crippen LogP contribution in [0.5, 0.6) is 5.75 Å². The van der Waals surface area contributed by atoms with Crippen LogP contribution < -0.4 is 20.7 Å². The summed E-state index contributed by atoms with van der Waals surface area (Å²) in [6, 6.07) is 5.62. The highest BCUT2D eigenvalue weighted by atomic mass is 127. The fraction of sp³-hybridized carbons (Fsp3) is 0.529. The normalized spacial score (nSPS) is 10.6. The van der Waals surface area contributed by atoms with Gasteiger partial charge in [-0.2, -0.15) is 0 Å². The number of guanidine groups is 1. The Kier molecular flexibility index (Phi) is 12.9. The second kappa shape index (κ2) is 13.7. The van der Waals surface area contributed by atoms with Crippen molar-refractivity contribution in [3.63, 3.8) is 0 Å². The molecule has 0 aliphatic carbocycles. The number of rotatable bonds is 9. The van der Waals surface area contributed by atoms with Crippen LogP contribution in [0, 0.1) is 0 Å². The van der Waals surface area contributed by atoms with Gasteiger partial charge in [-0.05, 0) is 31.5 Å². The van der Waals surface area contributed by atoms with E-state index in [-0.39, 0.29) is 29.9 Å². The average molecular weight is 464 g/mol. The van der Waals surface area contributed by atoms with Gasteiger partial charge in [0, 0.05) is 26.6 Å². The zero-order valence-electron chi connectivity index (χ0n) is 15.3. The van der Waals surface area contributed by atoms with Crippen molar-refractivity contribution in [3.8, 4) is 5.75 Å². The maximum Gasteiger partial charge on any atom is 0.221 e. The van der Waals surface area contributed by atoms with Gasteiger partial charge in [0.2, 0.25) is 5.91 Å². The zero-order chi connectivity index (χ0) is 17.8. The van der Waals surface area contributed by atoms with Gasteiger partial charge in [0.25, 0.3) is 0 Å². The molecular weight excluding hydrogens is 435 g/mol. The minimum Gasteiger partial charge on any atom is -0.495 e. The van der Waals surface area contributed by atoms with Crippen molar-refractivity contribution in [3.05, 3.63) is 23.8 Å². The number of ether oxygens (including phenoxy) is 2. The number of carbonyl (C=O) groups excluding carboxylic acids is 1. The quantitative estimate of drug-likeness (QED) is 0.226. The van der Waals surface area contributed by atoms with Gasteiger partial charge in [-0.15, -0.1) is 24.0 Å². The maximum atomic E-state index is 11.3. The van der Waals surface area contributed by atoms with E-state index in [1.165, 1.54) is 6.92 Å². The number of hydrogen-bond acceptors (Lipinski definition) is 4. The monoisotopic (exact) mass is 464 g/mol. The van der Waals surface area contributed by atoms with Crippen LogP contribution in [0.25, 0.3) is 0 Å². The second-order valence-electron chi connectivity index (χ2n) is 5.03. The third kappa shape index (κ3) is 9.49. The Morgan fingerprint density at radius 2 is 2.00 bits per heavy atom. The first-order chi connectivity index (χ1) is 11.6.